The number of allylic oxidation sites excluding steroid dienone is 2. The number of carbonyl (C=O) groups is 1. The van der Waals surface area contributed by atoms with E-state index in [4.69, 9.17) is 4.55 Å². The van der Waals surface area contributed by atoms with E-state index in [0.717, 1.165) is 0 Å². The molecule has 0 heterocycles. The van der Waals surface area contributed by atoms with Crippen LogP contribution in [-0.4, -0.2) is 44.1 Å². The van der Waals surface area contributed by atoms with Crippen LogP contribution < -0.4 is 10.2 Å². The van der Waals surface area contributed by atoms with E-state index in [-0.39, 0.29) is 23.8 Å². The van der Waals surface area contributed by atoms with Crippen LogP contribution in [0.15, 0.2) is 77.9 Å². The fourth-order valence-corrected chi connectivity index (χ4v) is 4.36. The predicted molar refractivity (Wildman–Crippen MR) is 137 cm³/mol. The van der Waals surface area contributed by atoms with Gasteiger partial charge < -0.3 is 5.32 Å². The van der Waals surface area contributed by atoms with Gasteiger partial charge in [-0.25, -0.2) is 0 Å². The molecule has 2 aromatic carbocycles. The first-order valence-electron chi connectivity index (χ1n) is 10.7. The minimum absolute atomic E-state index is 0.115. The van der Waals surface area contributed by atoms with Crippen molar-refractivity contribution in [3.8, 4) is 0 Å². The summed E-state index contributed by atoms with van der Waals surface area (Å²) in [5.74, 6) is -0.648. The fourth-order valence-electron chi connectivity index (χ4n) is 3.34. The molecule has 11 heteroatoms. The second kappa shape index (κ2) is 11.2. The zero-order chi connectivity index (χ0) is 26.4. The van der Waals surface area contributed by atoms with Crippen LogP contribution in [0.2, 0.25) is 0 Å². The minimum atomic E-state index is -4.49. The zero-order valence-corrected chi connectivity index (χ0v) is 21.4. The smallest absolute Gasteiger partial charge is 0.294 e. The average Bonchev–Trinajstić information content (AvgIpc) is 2.75. The number of nitrogens with one attached hydrogen (secondary N) is 1. The molecule has 190 valence electrons. The van der Waals surface area contributed by atoms with E-state index in [1.165, 1.54) is 30.0 Å². The van der Waals surface area contributed by atoms with Crippen molar-refractivity contribution in [2.24, 2.45) is 0 Å². The fraction of sp³-hybridized carbons (Fsp3) is 0.292. The first-order chi connectivity index (χ1) is 16.1. The quantitative estimate of drug-likeness (QED) is 0.228. The third kappa shape index (κ3) is 8.03. The maximum Gasteiger partial charge on any atom is 0.294 e. The van der Waals surface area contributed by atoms with Crippen LogP contribution in [0, 0.1) is 0 Å². The van der Waals surface area contributed by atoms with E-state index in [1.807, 2.05) is 6.07 Å². The molecular formula is C24H30N2O7S2. The van der Waals surface area contributed by atoms with Crippen molar-refractivity contribution >= 4 is 37.5 Å². The maximum absolute atomic E-state index is 12.2. The molecular weight excluding hydrogens is 492 g/mol. The van der Waals surface area contributed by atoms with Crippen molar-refractivity contribution in [2.75, 3.05) is 22.5 Å². The highest BCUT2D eigenvalue weighted by Crippen LogP contribution is 2.37. The lowest BCUT2D eigenvalue weighted by Gasteiger charge is -2.30. The van der Waals surface area contributed by atoms with Gasteiger partial charge in [0.1, 0.15) is 0 Å². The van der Waals surface area contributed by atoms with E-state index < -0.39 is 31.4 Å². The molecule has 0 spiro atoms. The van der Waals surface area contributed by atoms with Crippen molar-refractivity contribution in [1.29, 1.82) is 0 Å². The van der Waals surface area contributed by atoms with Gasteiger partial charge in [0.15, 0.2) is 0 Å². The lowest BCUT2D eigenvalue weighted by atomic mass is 9.77. The molecule has 0 unspecified atom stereocenters. The second-order valence-corrected chi connectivity index (χ2v) is 11.4. The van der Waals surface area contributed by atoms with Gasteiger partial charge in [-0.15, -0.1) is 0 Å². The normalized spacial score (nSPS) is 12.5. The summed E-state index contributed by atoms with van der Waals surface area (Å²) in [5.41, 5.74) is 1.30. The number of amides is 1. The van der Waals surface area contributed by atoms with Gasteiger partial charge in [-0.3, -0.25) is 18.8 Å². The Bertz CT molecular complexity index is 1320. The molecule has 0 bridgehead atoms. The van der Waals surface area contributed by atoms with Crippen LogP contribution in [0.3, 0.4) is 0 Å². The number of nitrogens with zero attached hydrogens (tertiary/aromatic N) is 1. The van der Waals surface area contributed by atoms with Crippen LogP contribution in [0.1, 0.15) is 32.8 Å². The molecule has 2 aromatic rings. The number of hydrogen-bond acceptors (Lipinski definition) is 6. The lowest BCUT2D eigenvalue weighted by molar-refractivity contribution is -0.116. The molecule has 35 heavy (non-hydrogen) atoms. The number of hydrogen-bond donors (Lipinski definition) is 3. The summed E-state index contributed by atoms with van der Waals surface area (Å²) in [4.78, 5) is 13.3. The van der Waals surface area contributed by atoms with Crippen LogP contribution >= 0.6 is 0 Å². The first kappa shape index (κ1) is 28.2. The second-order valence-electron chi connectivity index (χ2n) is 8.44. The van der Waals surface area contributed by atoms with Crippen molar-refractivity contribution in [1.82, 2.24) is 0 Å². The van der Waals surface area contributed by atoms with E-state index in [0.29, 0.717) is 22.5 Å². The van der Waals surface area contributed by atoms with E-state index in [1.54, 1.807) is 50.4 Å². The average molecular weight is 523 g/mol. The van der Waals surface area contributed by atoms with Crippen molar-refractivity contribution < 1.29 is 30.7 Å². The van der Waals surface area contributed by atoms with Crippen molar-refractivity contribution in [3.05, 3.63) is 78.5 Å². The number of anilines is 2. The number of para-hydroxylation sites is 1. The molecule has 9 nitrogen and oxygen atoms in total. The van der Waals surface area contributed by atoms with Crippen molar-refractivity contribution in [3.63, 3.8) is 0 Å². The monoisotopic (exact) mass is 522 g/mol. The van der Waals surface area contributed by atoms with Gasteiger partial charge in [-0.1, -0.05) is 38.6 Å². The highest BCUT2D eigenvalue weighted by atomic mass is 32.2. The third-order valence-electron chi connectivity index (χ3n) is 5.46. The maximum atomic E-state index is 12.2. The van der Waals surface area contributed by atoms with Gasteiger partial charge in [-0.2, -0.15) is 16.8 Å². The molecule has 2 rings (SSSR count). The summed E-state index contributed by atoms with van der Waals surface area (Å²) in [7, 11) is -8.60. The summed E-state index contributed by atoms with van der Waals surface area (Å²) >= 11 is 0. The molecule has 0 saturated carbocycles. The zero-order valence-electron chi connectivity index (χ0n) is 19.8. The Labute approximate surface area is 206 Å². The molecule has 0 saturated heterocycles. The summed E-state index contributed by atoms with van der Waals surface area (Å²) in [6.07, 6.45) is 3.34. The summed E-state index contributed by atoms with van der Waals surface area (Å²) < 4.78 is 64.0. The van der Waals surface area contributed by atoms with Crippen LogP contribution in [0.25, 0.3) is 0 Å². The summed E-state index contributed by atoms with van der Waals surface area (Å²) in [6.45, 7) is 9.32. The van der Waals surface area contributed by atoms with E-state index >= 15 is 0 Å². The van der Waals surface area contributed by atoms with Gasteiger partial charge in [0.25, 0.3) is 20.2 Å². The van der Waals surface area contributed by atoms with Crippen LogP contribution in [0.4, 0.5) is 11.4 Å². The molecule has 0 aliphatic carbocycles. The first-order valence-corrected chi connectivity index (χ1v) is 13.7. The summed E-state index contributed by atoms with van der Waals surface area (Å²) in [5, 5.41) is 3.05. The Morgan fingerprint density at radius 3 is 2.26 bits per heavy atom. The highest BCUT2D eigenvalue weighted by molar-refractivity contribution is 7.86. The predicted octanol–water partition coefficient (Wildman–Crippen LogP) is 4.02. The van der Waals surface area contributed by atoms with Gasteiger partial charge in [0.2, 0.25) is 5.91 Å². The molecule has 0 aromatic heterocycles. The topological polar surface area (TPSA) is 141 Å². The van der Waals surface area contributed by atoms with Crippen molar-refractivity contribution in [2.45, 2.75) is 37.5 Å². The summed E-state index contributed by atoms with van der Waals surface area (Å²) in [6, 6.07) is 13.0. The molecule has 0 fully saturated rings. The standard InChI is InChI=1S/C24H30N2O7S2/c1-18(13-15-26(19(2)27)20-9-6-5-7-10-20)24(3,4)22-17-21(35(31,32)33)11-12-23(22)25-14-8-16-34(28,29)30/h5-7,9-13,15,17,25H,1,8,14,16H2,2-4H3,(H,28,29,30)(H,31,32,33)/b15-13+. The third-order valence-corrected chi connectivity index (χ3v) is 7.11. The Morgan fingerprint density at radius 1 is 1.09 bits per heavy atom. The molecule has 3 N–H and O–H groups in total. The Kier molecular flexibility index (Phi) is 9.01. The number of rotatable bonds is 11. The lowest BCUT2D eigenvalue weighted by Crippen LogP contribution is -2.24. The molecule has 0 radical (unpaired) electrons. The van der Waals surface area contributed by atoms with Gasteiger partial charge in [0.05, 0.1) is 10.6 Å². The molecule has 0 aliphatic heterocycles. The Hall–Kier alpha value is -2.99. The molecule has 1 amide bonds. The van der Waals surface area contributed by atoms with Gasteiger partial charge in [-0.05, 0) is 54.0 Å². The number of carbonyl (C=O) groups excluding carboxylic acids is 1. The van der Waals surface area contributed by atoms with Crippen LogP contribution in [0.5, 0.6) is 0 Å². The SMILES string of the molecule is C=C(/C=C/N(C(C)=O)c1ccccc1)C(C)(C)c1cc(S(=O)(=O)O)ccc1NCCCS(=O)(=O)O. The Balaban J connectivity index is 2.40. The van der Waals surface area contributed by atoms with E-state index in [9.17, 15) is 26.2 Å². The molecule has 0 atom stereocenters. The highest BCUT2D eigenvalue weighted by Gasteiger charge is 2.28. The van der Waals surface area contributed by atoms with Gasteiger partial charge >= 0.3 is 0 Å². The van der Waals surface area contributed by atoms with E-state index in [2.05, 4.69) is 11.9 Å². The largest absolute Gasteiger partial charge is 0.385 e. The number of benzene rings is 2. The molecule has 0 aliphatic rings. The van der Waals surface area contributed by atoms with Crippen LogP contribution in [-0.2, 0) is 30.4 Å². The minimum Gasteiger partial charge on any atom is -0.385 e. The Morgan fingerprint density at radius 2 is 1.71 bits per heavy atom. The van der Waals surface area contributed by atoms with Gasteiger partial charge in [0, 0.05) is 36.5 Å².